The predicted octanol–water partition coefficient (Wildman–Crippen LogP) is 3.51. The standard InChI is InChI=1S/C16H15BrN2O/c1-10-14(17)6-7-15(18-10)19-16(20)13-8-11-4-2-3-5-12(11)9-13/h2-7,13H,8-9H2,1H3,(H,18,19,20). The Labute approximate surface area is 126 Å². The molecule has 0 spiro atoms. The summed E-state index contributed by atoms with van der Waals surface area (Å²) in [5.41, 5.74) is 3.44. The first-order chi connectivity index (χ1) is 9.63. The van der Waals surface area contributed by atoms with Crippen molar-refractivity contribution in [3.05, 3.63) is 57.7 Å². The lowest BCUT2D eigenvalue weighted by molar-refractivity contribution is -0.119. The molecule has 0 fully saturated rings. The first-order valence-corrected chi connectivity index (χ1v) is 7.43. The summed E-state index contributed by atoms with van der Waals surface area (Å²) in [6.07, 6.45) is 1.63. The lowest BCUT2D eigenvalue weighted by atomic mass is 10.1. The van der Waals surface area contributed by atoms with E-state index in [-0.39, 0.29) is 11.8 Å². The minimum Gasteiger partial charge on any atom is -0.310 e. The molecule has 1 aromatic heterocycles. The SMILES string of the molecule is Cc1nc(NC(=O)C2Cc3ccccc3C2)ccc1Br. The molecular formula is C16H15BrN2O. The third-order valence-corrected chi connectivity index (χ3v) is 4.53. The van der Waals surface area contributed by atoms with E-state index >= 15 is 0 Å². The van der Waals surface area contributed by atoms with Crippen LogP contribution < -0.4 is 5.32 Å². The molecule has 3 rings (SSSR count). The summed E-state index contributed by atoms with van der Waals surface area (Å²) in [7, 11) is 0. The smallest absolute Gasteiger partial charge is 0.229 e. The third kappa shape index (κ3) is 2.61. The molecule has 1 aliphatic carbocycles. The summed E-state index contributed by atoms with van der Waals surface area (Å²) < 4.78 is 0.948. The highest BCUT2D eigenvalue weighted by molar-refractivity contribution is 9.10. The molecule has 20 heavy (non-hydrogen) atoms. The van der Waals surface area contributed by atoms with Crippen molar-refractivity contribution in [2.45, 2.75) is 19.8 Å². The summed E-state index contributed by atoms with van der Waals surface area (Å²) in [6.45, 7) is 1.91. The Morgan fingerprint density at radius 2 is 1.85 bits per heavy atom. The Balaban J connectivity index is 1.71. The molecule has 102 valence electrons. The molecule has 1 aromatic carbocycles. The maximum Gasteiger partial charge on any atom is 0.229 e. The number of aryl methyl sites for hydroxylation is 1. The maximum atomic E-state index is 12.3. The van der Waals surface area contributed by atoms with Crippen LogP contribution in [0.5, 0.6) is 0 Å². The van der Waals surface area contributed by atoms with Crippen LogP contribution in [-0.2, 0) is 17.6 Å². The summed E-state index contributed by atoms with van der Waals surface area (Å²) in [5, 5.41) is 2.92. The van der Waals surface area contributed by atoms with Gasteiger partial charge in [-0.2, -0.15) is 0 Å². The Hall–Kier alpha value is -1.68. The van der Waals surface area contributed by atoms with Crippen LogP contribution in [0.15, 0.2) is 40.9 Å². The van der Waals surface area contributed by atoms with Gasteiger partial charge in [-0.3, -0.25) is 4.79 Å². The van der Waals surface area contributed by atoms with Gasteiger partial charge in [0, 0.05) is 10.4 Å². The molecule has 0 unspecified atom stereocenters. The van der Waals surface area contributed by atoms with Crippen molar-refractivity contribution in [3.63, 3.8) is 0 Å². The van der Waals surface area contributed by atoms with Gasteiger partial charge >= 0.3 is 0 Å². The van der Waals surface area contributed by atoms with Gasteiger partial charge in [-0.15, -0.1) is 0 Å². The van der Waals surface area contributed by atoms with Gasteiger partial charge in [-0.1, -0.05) is 24.3 Å². The zero-order valence-electron chi connectivity index (χ0n) is 11.2. The number of fused-ring (bicyclic) bond motifs is 1. The van der Waals surface area contributed by atoms with Gasteiger partial charge in [0.1, 0.15) is 5.82 Å². The second-order valence-corrected chi connectivity index (χ2v) is 5.98. The number of hydrogen-bond donors (Lipinski definition) is 1. The molecule has 1 aliphatic rings. The highest BCUT2D eigenvalue weighted by Crippen LogP contribution is 2.27. The molecule has 0 aliphatic heterocycles. The molecule has 0 atom stereocenters. The van der Waals surface area contributed by atoms with E-state index in [4.69, 9.17) is 0 Å². The first kappa shape index (κ1) is 13.3. The summed E-state index contributed by atoms with van der Waals surface area (Å²) in [4.78, 5) is 16.7. The summed E-state index contributed by atoms with van der Waals surface area (Å²) in [5.74, 6) is 0.681. The second-order valence-electron chi connectivity index (χ2n) is 5.13. The number of carbonyl (C=O) groups is 1. The average Bonchev–Trinajstić information content (AvgIpc) is 2.87. The van der Waals surface area contributed by atoms with Crippen LogP contribution >= 0.6 is 15.9 Å². The van der Waals surface area contributed by atoms with Crippen LogP contribution in [0.3, 0.4) is 0 Å². The molecule has 1 N–H and O–H groups in total. The quantitative estimate of drug-likeness (QED) is 0.915. The number of nitrogens with one attached hydrogen (secondary N) is 1. The molecule has 0 radical (unpaired) electrons. The van der Waals surface area contributed by atoms with Gasteiger partial charge in [0.25, 0.3) is 0 Å². The van der Waals surface area contributed by atoms with E-state index in [0.717, 1.165) is 23.0 Å². The van der Waals surface area contributed by atoms with E-state index in [1.807, 2.05) is 31.2 Å². The van der Waals surface area contributed by atoms with Crippen molar-refractivity contribution in [3.8, 4) is 0 Å². The third-order valence-electron chi connectivity index (χ3n) is 3.69. The fraction of sp³-hybridized carbons (Fsp3) is 0.250. The molecule has 4 heteroatoms. The molecule has 0 bridgehead atoms. The van der Waals surface area contributed by atoms with E-state index in [1.165, 1.54) is 11.1 Å². The minimum absolute atomic E-state index is 0.0122. The largest absolute Gasteiger partial charge is 0.310 e. The van der Waals surface area contributed by atoms with Crippen molar-refractivity contribution in [2.75, 3.05) is 5.32 Å². The van der Waals surface area contributed by atoms with Crippen molar-refractivity contribution in [2.24, 2.45) is 5.92 Å². The van der Waals surface area contributed by atoms with Crippen LogP contribution in [-0.4, -0.2) is 10.9 Å². The van der Waals surface area contributed by atoms with Crippen LogP contribution in [0.4, 0.5) is 5.82 Å². The van der Waals surface area contributed by atoms with E-state index in [9.17, 15) is 4.79 Å². The number of carbonyl (C=O) groups excluding carboxylic acids is 1. The second kappa shape index (κ2) is 5.37. The number of nitrogens with zero attached hydrogens (tertiary/aromatic N) is 1. The molecule has 2 aromatic rings. The topological polar surface area (TPSA) is 42.0 Å². The lowest BCUT2D eigenvalue weighted by Gasteiger charge is -2.10. The monoisotopic (exact) mass is 330 g/mol. The average molecular weight is 331 g/mol. The Kier molecular flexibility index (Phi) is 3.57. The number of hydrogen-bond acceptors (Lipinski definition) is 2. The zero-order chi connectivity index (χ0) is 14.1. The van der Waals surface area contributed by atoms with Gasteiger partial charge < -0.3 is 5.32 Å². The number of halogens is 1. The van der Waals surface area contributed by atoms with Crippen LogP contribution in [0, 0.1) is 12.8 Å². The fourth-order valence-electron chi connectivity index (χ4n) is 2.59. The van der Waals surface area contributed by atoms with Crippen molar-refractivity contribution in [1.29, 1.82) is 0 Å². The predicted molar refractivity (Wildman–Crippen MR) is 82.6 cm³/mol. The number of aromatic nitrogens is 1. The van der Waals surface area contributed by atoms with Gasteiger partial charge in [-0.25, -0.2) is 4.98 Å². The number of benzene rings is 1. The van der Waals surface area contributed by atoms with Crippen LogP contribution in [0.1, 0.15) is 16.8 Å². The Bertz CT molecular complexity index is 644. The van der Waals surface area contributed by atoms with E-state index in [2.05, 4.69) is 38.4 Å². The van der Waals surface area contributed by atoms with Crippen LogP contribution in [0.2, 0.25) is 0 Å². The molecular weight excluding hydrogens is 316 g/mol. The van der Waals surface area contributed by atoms with Crippen molar-refractivity contribution >= 4 is 27.7 Å². The summed E-state index contributed by atoms with van der Waals surface area (Å²) >= 11 is 3.41. The van der Waals surface area contributed by atoms with E-state index in [1.54, 1.807) is 0 Å². The van der Waals surface area contributed by atoms with E-state index < -0.39 is 0 Å². The van der Waals surface area contributed by atoms with Gasteiger partial charge in [-0.05, 0) is 59.0 Å². The maximum absolute atomic E-state index is 12.3. The molecule has 3 nitrogen and oxygen atoms in total. The van der Waals surface area contributed by atoms with E-state index in [0.29, 0.717) is 5.82 Å². The minimum atomic E-state index is 0.0122. The number of amides is 1. The number of anilines is 1. The zero-order valence-corrected chi connectivity index (χ0v) is 12.8. The van der Waals surface area contributed by atoms with Gasteiger partial charge in [0.05, 0.1) is 5.69 Å². The molecule has 1 heterocycles. The number of pyridine rings is 1. The Morgan fingerprint density at radius 3 is 2.45 bits per heavy atom. The molecule has 0 saturated heterocycles. The van der Waals surface area contributed by atoms with Crippen LogP contribution in [0.25, 0.3) is 0 Å². The molecule has 1 amide bonds. The normalized spacial score (nSPS) is 14.1. The fourth-order valence-corrected chi connectivity index (χ4v) is 2.81. The van der Waals surface area contributed by atoms with Crippen molar-refractivity contribution < 1.29 is 4.79 Å². The van der Waals surface area contributed by atoms with Gasteiger partial charge in [0.2, 0.25) is 5.91 Å². The summed E-state index contributed by atoms with van der Waals surface area (Å²) in [6, 6.07) is 12.0. The lowest BCUT2D eigenvalue weighted by Crippen LogP contribution is -2.23. The highest BCUT2D eigenvalue weighted by atomic mass is 79.9. The van der Waals surface area contributed by atoms with Gasteiger partial charge in [0.15, 0.2) is 0 Å². The number of rotatable bonds is 2. The molecule has 0 saturated carbocycles. The first-order valence-electron chi connectivity index (χ1n) is 6.64. The Morgan fingerprint density at radius 1 is 1.20 bits per heavy atom. The highest BCUT2D eigenvalue weighted by Gasteiger charge is 2.27. The van der Waals surface area contributed by atoms with Crippen molar-refractivity contribution in [1.82, 2.24) is 4.98 Å².